The SMILES string of the molecule is Cc1ccc(C(=O)NCC(O)c2ccsc2)cn1. The number of thiophene rings is 1. The summed E-state index contributed by atoms with van der Waals surface area (Å²) in [6.45, 7) is 2.06. The Bertz CT molecular complexity index is 508. The Morgan fingerprint density at radius 3 is 2.94 bits per heavy atom. The van der Waals surface area contributed by atoms with Gasteiger partial charge in [0.1, 0.15) is 0 Å². The first-order valence-electron chi connectivity index (χ1n) is 5.58. The van der Waals surface area contributed by atoms with E-state index in [2.05, 4.69) is 10.3 Å². The standard InChI is InChI=1S/C13H14N2O2S/c1-9-2-3-10(6-14-9)13(17)15-7-12(16)11-4-5-18-8-11/h2-6,8,12,16H,7H2,1H3,(H,15,17). The minimum absolute atomic E-state index is 0.198. The van der Waals surface area contributed by atoms with Gasteiger partial charge in [0.25, 0.3) is 5.91 Å². The van der Waals surface area contributed by atoms with Crippen molar-refractivity contribution in [2.45, 2.75) is 13.0 Å². The molecule has 2 aromatic rings. The highest BCUT2D eigenvalue weighted by Gasteiger charge is 2.11. The van der Waals surface area contributed by atoms with Crippen molar-refractivity contribution in [1.82, 2.24) is 10.3 Å². The van der Waals surface area contributed by atoms with Crippen LogP contribution in [-0.4, -0.2) is 22.5 Å². The number of aryl methyl sites for hydroxylation is 1. The molecule has 0 radical (unpaired) electrons. The number of aliphatic hydroxyl groups excluding tert-OH is 1. The van der Waals surface area contributed by atoms with Crippen LogP contribution in [0.5, 0.6) is 0 Å². The van der Waals surface area contributed by atoms with Gasteiger partial charge >= 0.3 is 0 Å². The summed E-state index contributed by atoms with van der Waals surface area (Å²) in [7, 11) is 0. The molecule has 4 nitrogen and oxygen atoms in total. The number of aliphatic hydroxyl groups is 1. The molecule has 5 heteroatoms. The van der Waals surface area contributed by atoms with Crippen LogP contribution in [0.15, 0.2) is 35.2 Å². The molecule has 1 atom stereocenters. The van der Waals surface area contributed by atoms with Crippen LogP contribution in [0.3, 0.4) is 0 Å². The van der Waals surface area contributed by atoms with Crippen molar-refractivity contribution < 1.29 is 9.90 Å². The van der Waals surface area contributed by atoms with E-state index >= 15 is 0 Å². The molecule has 2 N–H and O–H groups in total. The summed E-state index contributed by atoms with van der Waals surface area (Å²) in [5.41, 5.74) is 2.19. The van der Waals surface area contributed by atoms with Gasteiger partial charge in [-0.3, -0.25) is 9.78 Å². The number of pyridine rings is 1. The third-order valence-corrected chi connectivity index (χ3v) is 3.26. The Morgan fingerprint density at radius 1 is 1.50 bits per heavy atom. The summed E-state index contributed by atoms with van der Waals surface area (Å²) < 4.78 is 0. The second-order valence-corrected chi connectivity index (χ2v) is 4.75. The molecule has 0 saturated heterocycles. The van der Waals surface area contributed by atoms with Gasteiger partial charge in [-0.25, -0.2) is 0 Å². The normalized spacial score (nSPS) is 12.1. The lowest BCUT2D eigenvalue weighted by Crippen LogP contribution is -2.28. The van der Waals surface area contributed by atoms with E-state index in [1.54, 1.807) is 12.1 Å². The number of rotatable bonds is 4. The molecule has 18 heavy (non-hydrogen) atoms. The smallest absolute Gasteiger partial charge is 0.252 e. The van der Waals surface area contributed by atoms with E-state index in [1.165, 1.54) is 17.5 Å². The van der Waals surface area contributed by atoms with Crippen LogP contribution >= 0.6 is 11.3 Å². The van der Waals surface area contributed by atoms with Crippen molar-refractivity contribution in [1.29, 1.82) is 0 Å². The van der Waals surface area contributed by atoms with Crippen molar-refractivity contribution in [2.24, 2.45) is 0 Å². The van der Waals surface area contributed by atoms with Crippen molar-refractivity contribution in [2.75, 3.05) is 6.54 Å². The van der Waals surface area contributed by atoms with Crippen LogP contribution in [0, 0.1) is 6.92 Å². The molecule has 2 rings (SSSR count). The number of carbonyl (C=O) groups excluding carboxylic acids is 1. The van der Waals surface area contributed by atoms with Gasteiger partial charge in [-0.2, -0.15) is 11.3 Å². The molecule has 0 aliphatic carbocycles. The summed E-state index contributed by atoms with van der Waals surface area (Å²) in [5.74, 6) is -0.225. The lowest BCUT2D eigenvalue weighted by molar-refractivity contribution is 0.0916. The fourth-order valence-corrected chi connectivity index (χ4v) is 2.18. The fraction of sp³-hybridized carbons (Fsp3) is 0.231. The lowest BCUT2D eigenvalue weighted by atomic mass is 10.2. The van der Waals surface area contributed by atoms with Crippen molar-refractivity contribution >= 4 is 17.2 Å². The number of aromatic nitrogens is 1. The molecule has 0 aliphatic rings. The predicted molar refractivity (Wildman–Crippen MR) is 70.6 cm³/mol. The van der Waals surface area contributed by atoms with Gasteiger partial charge in [0.15, 0.2) is 0 Å². The molecule has 2 aromatic heterocycles. The summed E-state index contributed by atoms with van der Waals surface area (Å²) in [6.07, 6.45) is 0.861. The van der Waals surface area contributed by atoms with E-state index < -0.39 is 6.10 Å². The quantitative estimate of drug-likeness (QED) is 0.884. The van der Waals surface area contributed by atoms with Crippen LogP contribution in [0.1, 0.15) is 27.7 Å². The van der Waals surface area contributed by atoms with Gasteiger partial charge in [-0.15, -0.1) is 0 Å². The zero-order valence-corrected chi connectivity index (χ0v) is 10.8. The molecule has 0 fully saturated rings. The Morgan fingerprint density at radius 2 is 2.33 bits per heavy atom. The first kappa shape index (κ1) is 12.7. The zero-order chi connectivity index (χ0) is 13.0. The second-order valence-electron chi connectivity index (χ2n) is 3.97. The molecule has 2 heterocycles. The van der Waals surface area contributed by atoms with E-state index in [-0.39, 0.29) is 12.5 Å². The van der Waals surface area contributed by atoms with Crippen LogP contribution in [-0.2, 0) is 0 Å². The predicted octanol–water partition coefficient (Wildman–Crippen LogP) is 1.91. The maximum atomic E-state index is 11.8. The molecule has 0 bridgehead atoms. The number of amides is 1. The molecule has 0 aromatic carbocycles. The Kier molecular flexibility index (Phi) is 4.07. The highest BCUT2D eigenvalue weighted by atomic mass is 32.1. The third kappa shape index (κ3) is 3.15. The molecule has 0 aliphatic heterocycles. The van der Waals surface area contributed by atoms with Gasteiger partial charge in [0.05, 0.1) is 11.7 Å². The Hall–Kier alpha value is -1.72. The largest absolute Gasteiger partial charge is 0.387 e. The minimum atomic E-state index is -0.668. The van der Waals surface area contributed by atoms with Gasteiger partial charge in [-0.05, 0) is 41.4 Å². The van der Waals surface area contributed by atoms with Crippen molar-refractivity contribution in [3.63, 3.8) is 0 Å². The molecule has 1 amide bonds. The van der Waals surface area contributed by atoms with Crippen molar-refractivity contribution in [3.05, 3.63) is 52.0 Å². The van der Waals surface area contributed by atoms with E-state index in [4.69, 9.17) is 0 Å². The third-order valence-electron chi connectivity index (χ3n) is 2.56. The van der Waals surface area contributed by atoms with E-state index in [9.17, 15) is 9.90 Å². The summed E-state index contributed by atoms with van der Waals surface area (Å²) in [5, 5.41) is 16.3. The topological polar surface area (TPSA) is 62.2 Å². The van der Waals surface area contributed by atoms with Gasteiger partial charge in [-0.1, -0.05) is 0 Å². The van der Waals surface area contributed by atoms with Crippen molar-refractivity contribution in [3.8, 4) is 0 Å². The molecule has 0 saturated carbocycles. The van der Waals surface area contributed by atoms with Gasteiger partial charge < -0.3 is 10.4 Å². The van der Waals surface area contributed by atoms with Crippen LogP contribution in [0.25, 0.3) is 0 Å². The Balaban J connectivity index is 1.90. The summed E-state index contributed by atoms with van der Waals surface area (Å²) in [6, 6.07) is 5.34. The minimum Gasteiger partial charge on any atom is -0.387 e. The zero-order valence-electron chi connectivity index (χ0n) is 9.96. The number of carbonyl (C=O) groups is 1. The van der Waals surface area contributed by atoms with Crippen LogP contribution in [0.2, 0.25) is 0 Å². The first-order valence-corrected chi connectivity index (χ1v) is 6.52. The first-order chi connectivity index (χ1) is 8.66. The highest BCUT2D eigenvalue weighted by molar-refractivity contribution is 7.07. The number of hydrogen-bond acceptors (Lipinski definition) is 4. The average Bonchev–Trinajstić information content (AvgIpc) is 2.90. The highest BCUT2D eigenvalue weighted by Crippen LogP contribution is 2.15. The fourth-order valence-electron chi connectivity index (χ4n) is 1.48. The molecule has 0 spiro atoms. The maximum Gasteiger partial charge on any atom is 0.252 e. The summed E-state index contributed by atoms with van der Waals surface area (Å²) in [4.78, 5) is 15.8. The van der Waals surface area contributed by atoms with E-state index in [0.717, 1.165) is 11.3 Å². The van der Waals surface area contributed by atoms with Crippen LogP contribution < -0.4 is 5.32 Å². The average molecular weight is 262 g/mol. The van der Waals surface area contributed by atoms with Gasteiger partial charge in [0.2, 0.25) is 0 Å². The molecule has 94 valence electrons. The lowest BCUT2D eigenvalue weighted by Gasteiger charge is -2.10. The molecular weight excluding hydrogens is 248 g/mol. The maximum absolute atomic E-state index is 11.8. The number of nitrogens with zero attached hydrogens (tertiary/aromatic N) is 1. The second kappa shape index (κ2) is 5.75. The monoisotopic (exact) mass is 262 g/mol. The van der Waals surface area contributed by atoms with E-state index in [0.29, 0.717) is 5.56 Å². The van der Waals surface area contributed by atoms with Gasteiger partial charge in [0, 0.05) is 18.4 Å². The summed E-state index contributed by atoms with van der Waals surface area (Å²) >= 11 is 1.52. The van der Waals surface area contributed by atoms with E-state index in [1.807, 2.05) is 23.8 Å². The number of hydrogen-bond donors (Lipinski definition) is 2. The Labute approximate surface area is 109 Å². The van der Waals surface area contributed by atoms with Crippen LogP contribution in [0.4, 0.5) is 0 Å². The molecule has 1 unspecified atom stereocenters. The molecular formula is C13H14N2O2S. The number of nitrogens with one attached hydrogen (secondary N) is 1.